The maximum Gasteiger partial charge on any atom is 0.305 e. The summed E-state index contributed by atoms with van der Waals surface area (Å²) in [6, 6.07) is 6.34. The molecule has 0 spiro atoms. The predicted octanol–water partition coefficient (Wildman–Crippen LogP) is 3.20. The van der Waals surface area contributed by atoms with Crippen LogP contribution in [-0.4, -0.2) is 23.7 Å². The lowest BCUT2D eigenvalue weighted by atomic mass is 10.1. The minimum atomic E-state index is -0.717. The molecule has 1 heterocycles. The Labute approximate surface area is 110 Å². The van der Waals surface area contributed by atoms with Crippen LogP contribution < -0.4 is 4.90 Å². The zero-order valence-corrected chi connectivity index (χ0v) is 11.4. The van der Waals surface area contributed by atoms with Gasteiger partial charge in [0.15, 0.2) is 0 Å². The van der Waals surface area contributed by atoms with Gasteiger partial charge in [0, 0.05) is 17.1 Å². The van der Waals surface area contributed by atoms with Crippen molar-refractivity contribution in [1.82, 2.24) is 0 Å². The SMILES string of the molecule is Cc1ccc(N2CCCC2CC(=O)O)c(Br)c1. The molecule has 1 aromatic carbocycles. The third-order valence-electron chi connectivity index (χ3n) is 3.20. The molecule has 2 rings (SSSR count). The molecule has 1 atom stereocenters. The molecule has 4 heteroatoms. The van der Waals surface area contributed by atoms with Crippen molar-refractivity contribution in [3.05, 3.63) is 28.2 Å². The average Bonchev–Trinajstić information content (AvgIpc) is 2.65. The van der Waals surface area contributed by atoms with Gasteiger partial charge in [-0.15, -0.1) is 0 Å². The quantitative estimate of drug-likeness (QED) is 0.931. The summed E-state index contributed by atoms with van der Waals surface area (Å²) in [7, 11) is 0. The van der Waals surface area contributed by atoms with Crippen molar-refractivity contribution in [3.8, 4) is 0 Å². The Morgan fingerprint density at radius 1 is 1.59 bits per heavy atom. The molecule has 1 unspecified atom stereocenters. The highest BCUT2D eigenvalue weighted by Gasteiger charge is 2.27. The topological polar surface area (TPSA) is 40.5 Å². The molecule has 1 saturated heterocycles. The number of nitrogens with zero attached hydrogens (tertiary/aromatic N) is 1. The summed E-state index contributed by atoms with van der Waals surface area (Å²) in [6.07, 6.45) is 2.26. The van der Waals surface area contributed by atoms with E-state index in [2.05, 4.69) is 39.0 Å². The summed E-state index contributed by atoms with van der Waals surface area (Å²) in [4.78, 5) is 13.0. The number of carbonyl (C=O) groups is 1. The van der Waals surface area contributed by atoms with Crippen LogP contribution in [0, 0.1) is 6.92 Å². The van der Waals surface area contributed by atoms with E-state index in [9.17, 15) is 4.79 Å². The fraction of sp³-hybridized carbons (Fsp3) is 0.462. The van der Waals surface area contributed by atoms with E-state index in [0.717, 1.165) is 29.5 Å². The van der Waals surface area contributed by atoms with Crippen LogP contribution in [0.25, 0.3) is 0 Å². The van der Waals surface area contributed by atoms with E-state index in [1.165, 1.54) is 5.56 Å². The highest BCUT2D eigenvalue weighted by atomic mass is 79.9. The Morgan fingerprint density at radius 3 is 3.00 bits per heavy atom. The minimum absolute atomic E-state index is 0.131. The van der Waals surface area contributed by atoms with Crippen LogP contribution in [0.15, 0.2) is 22.7 Å². The van der Waals surface area contributed by atoms with E-state index >= 15 is 0 Å². The molecule has 3 nitrogen and oxygen atoms in total. The van der Waals surface area contributed by atoms with E-state index < -0.39 is 5.97 Å². The van der Waals surface area contributed by atoms with Crippen molar-refractivity contribution in [2.75, 3.05) is 11.4 Å². The van der Waals surface area contributed by atoms with E-state index in [0.29, 0.717) is 0 Å². The number of halogens is 1. The van der Waals surface area contributed by atoms with Crippen molar-refractivity contribution < 1.29 is 9.90 Å². The number of hydrogen-bond acceptors (Lipinski definition) is 2. The molecule has 1 aliphatic heterocycles. The highest BCUT2D eigenvalue weighted by Crippen LogP contribution is 2.33. The Kier molecular flexibility index (Phi) is 3.72. The minimum Gasteiger partial charge on any atom is -0.481 e. The first-order chi connectivity index (χ1) is 8.08. The Hall–Kier alpha value is -1.03. The Bertz CT molecular complexity index is 433. The number of rotatable bonds is 3. The van der Waals surface area contributed by atoms with Gasteiger partial charge in [-0.05, 0) is 53.4 Å². The van der Waals surface area contributed by atoms with Crippen LogP contribution in [0.3, 0.4) is 0 Å². The normalized spacial score (nSPS) is 19.6. The van der Waals surface area contributed by atoms with E-state index in [1.54, 1.807) is 0 Å². The maximum absolute atomic E-state index is 10.8. The summed E-state index contributed by atoms with van der Waals surface area (Å²) >= 11 is 3.56. The third-order valence-corrected chi connectivity index (χ3v) is 3.84. The van der Waals surface area contributed by atoms with Crippen LogP contribution in [0.5, 0.6) is 0 Å². The number of carboxylic acid groups (broad SMARTS) is 1. The van der Waals surface area contributed by atoms with Gasteiger partial charge in [-0.1, -0.05) is 6.07 Å². The van der Waals surface area contributed by atoms with Gasteiger partial charge in [-0.25, -0.2) is 0 Å². The van der Waals surface area contributed by atoms with Gasteiger partial charge in [0.2, 0.25) is 0 Å². The van der Waals surface area contributed by atoms with Crippen molar-refractivity contribution in [2.24, 2.45) is 0 Å². The first-order valence-corrected chi connectivity index (χ1v) is 6.62. The zero-order chi connectivity index (χ0) is 12.4. The Morgan fingerprint density at radius 2 is 2.35 bits per heavy atom. The summed E-state index contributed by atoms with van der Waals surface area (Å²) < 4.78 is 1.05. The van der Waals surface area contributed by atoms with Crippen molar-refractivity contribution in [1.29, 1.82) is 0 Å². The van der Waals surface area contributed by atoms with Crippen molar-refractivity contribution >= 4 is 27.6 Å². The number of aliphatic carboxylic acids is 1. The molecule has 0 radical (unpaired) electrons. The Balaban J connectivity index is 2.23. The second-order valence-electron chi connectivity index (χ2n) is 4.54. The second-order valence-corrected chi connectivity index (χ2v) is 5.40. The number of anilines is 1. The van der Waals surface area contributed by atoms with Gasteiger partial charge >= 0.3 is 5.97 Å². The smallest absolute Gasteiger partial charge is 0.305 e. The summed E-state index contributed by atoms with van der Waals surface area (Å²) in [5.41, 5.74) is 2.31. The lowest BCUT2D eigenvalue weighted by Gasteiger charge is -2.27. The average molecular weight is 298 g/mol. The van der Waals surface area contributed by atoms with Crippen LogP contribution in [0.4, 0.5) is 5.69 Å². The first kappa shape index (κ1) is 12.4. The van der Waals surface area contributed by atoms with E-state index in [1.807, 2.05) is 6.92 Å². The molecule has 1 aliphatic rings. The maximum atomic E-state index is 10.8. The van der Waals surface area contributed by atoms with E-state index in [-0.39, 0.29) is 12.5 Å². The highest BCUT2D eigenvalue weighted by molar-refractivity contribution is 9.10. The number of carboxylic acids is 1. The standard InChI is InChI=1S/C13H16BrNO2/c1-9-4-5-12(11(14)7-9)15-6-2-3-10(15)8-13(16)17/h4-5,7,10H,2-3,6,8H2,1H3,(H,16,17). The van der Waals surface area contributed by atoms with Gasteiger partial charge in [-0.3, -0.25) is 4.79 Å². The molecule has 0 aliphatic carbocycles. The van der Waals surface area contributed by atoms with Crippen LogP contribution in [0.2, 0.25) is 0 Å². The molecular weight excluding hydrogens is 282 g/mol. The van der Waals surface area contributed by atoms with Gasteiger partial charge in [-0.2, -0.15) is 0 Å². The van der Waals surface area contributed by atoms with Gasteiger partial charge in [0.05, 0.1) is 12.1 Å². The first-order valence-electron chi connectivity index (χ1n) is 5.82. The molecule has 92 valence electrons. The predicted molar refractivity (Wildman–Crippen MR) is 71.5 cm³/mol. The second kappa shape index (κ2) is 5.08. The molecular formula is C13H16BrNO2. The third kappa shape index (κ3) is 2.80. The van der Waals surface area contributed by atoms with Crippen LogP contribution in [-0.2, 0) is 4.79 Å². The lowest BCUT2D eigenvalue weighted by molar-refractivity contribution is -0.137. The zero-order valence-electron chi connectivity index (χ0n) is 9.82. The van der Waals surface area contributed by atoms with Crippen LogP contribution >= 0.6 is 15.9 Å². The molecule has 0 aromatic heterocycles. The van der Waals surface area contributed by atoms with Crippen molar-refractivity contribution in [3.63, 3.8) is 0 Å². The lowest BCUT2D eigenvalue weighted by Crippen LogP contribution is -2.31. The van der Waals surface area contributed by atoms with Gasteiger partial charge < -0.3 is 10.0 Å². The number of benzene rings is 1. The fourth-order valence-corrected chi connectivity index (χ4v) is 3.13. The van der Waals surface area contributed by atoms with Crippen molar-refractivity contribution in [2.45, 2.75) is 32.2 Å². The summed E-state index contributed by atoms with van der Waals surface area (Å²) in [5, 5.41) is 8.91. The van der Waals surface area contributed by atoms with E-state index in [4.69, 9.17) is 5.11 Å². The largest absolute Gasteiger partial charge is 0.481 e. The van der Waals surface area contributed by atoms with Gasteiger partial charge in [0.25, 0.3) is 0 Å². The number of aryl methyl sites for hydroxylation is 1. The molecule has 0 amide bonds. The molecule has 0 saturated carbocycles. The monoisotopic (exact) mass is 297 g/mol. The summed E-state index contributed by atoms with van der Waals surface area (Å²) in [5.74, 6) is -0.717. The fourth-order valence-electron chi connectivity index (χ4n) is 2.41. The molecule has 1 aromatic rings. The molecule has 17 heavy (non-hydrogen) atoms. The molecule has 0 bridgehead atoms. The molecule has 1 fully saturated rings. The van der Waals surface area contributed by atoms with Crippen LogP contribution in [0.1, 0.15) is 24.8 Å². The number of hydrogen-bond donors (Lipinski definition) is 1. The molecule has 1 N–H and O–H groups in total. The van der Waals surface area contributed by atoms with Gasteiger partial charge in [0.1, 0.15) is 0 Å². The summed E-state index contributed by atoms with van der Waals surface area (Å²) in [6.45, 7) is 2.99.